The summed E-state index contributed by atoms with van der Waals surface area (Å²) in [6, 6.07) is 8.02. The highest BCUT2D eigenvalue weighted by molar-refractivity contribution is 5.72. The van der Waals surface area contributed by atoms with Crippen LogP contribution >= 0.6 is 0 Å². The van der Waals surface area contributed by atoms with Gasteiger partial charge in [-0.2, -0.15) is 0 Å². The van der Waals surface area contributed by atoms with Crippen LogP contribution in [-0.4, -0.2) is 66.8 Å². The first-order chi connectivity index (χ1) is 14.1. The Morgan fingerprint density at radius 3 is 2.66 bits per heavy atom. The Kier molecular flexibility index (Phi) is 5.89. The molecule has 2 atom stereocenters. The number of methoxy groups -OCH3 is 1. The van der Waals surface area contributed by atoms with Crippen molar-refractivity contribution < 1.29 is 18.7 Å². The highest BCUT2D eigenvalue weighted by Crippen LogP contribution is 2.28. The topological polar surface area (TPSA) is 67.8 Å². The maximum atomic E-state index is 13.1. The molecule has 29 heavy (non-hydrogen) atoms. The number of carbonyl (C=O) groups excluding carboxylic acids is 1. The minimum Gasteiger partial charge on any atom is -0.493 e. The van der Waals surface area contributed by atoms with Crippen LogP contribution in [0.3, 0.4) is 0 Å². The van der Waals surface area contributed by atoms with Crippen molar-refractivity contribution in [3.63, 3.8) is 0 Å². The molecule has 2 aromatic rings. The Morgan fingerprint density at radius 1 is 1.17 bits per heavy atom. The lowest BCUT2D eigenvalue weighted by molar-refractivity contribution is -0.139. The zero-order valence-electron chi connectivity index (χ0n) is 16.5. The number of ether oxygens (including phenoxy) is 2. The summed E-state index contributed by atoms with van der Waals surface area (Å²) in [5.74, 6) is 1.21. The van der Waals surface area contributed by atoms with E-state index >= 15 is 0 Å². The number of nitrogens with zero attached hydrogens (tertiary/aromatic N) is 4. The van der Waals surface area contributed by atoms with Gasteiger partial charge < -0.3 is 14.4 Å². The normalized spacial score (nSPS) is 21.7. The molecule has 0 bridgehead atoms. The fourth-order valence-corrected chi connectivity index (χ4v) is 4.08. The van der Waals surface area contributed by atoms with E-state index in [2.05, 4.69) is 24.5 Å². The summed E-state index contributed by atoms with van der Waals surface area (Å²) < 4.78 is 23.7. The molecule has 2 aliphatic heterocycles. The molecule has 0 spiro atoms. The van der Waals surface area contributed by atoms with Crippen LogP contribution in [0, 0.1) is 11.7 Å². The third-order valence-corrected chi connectivity index (χ3v) is 5.58. The lowest BCUT2D eigenvalue weighted by Gasteiger charge is -2.37. The van der Waals surface area contributed by atoms with E-state index in [1.165, 1.54) is 19.5 Å². The molecule has 0 amide bonds. The van der Waals surface area contributed by atoms with Crippen molar-refractivity contribution in [2.75, 3.05) is 44.8 Å². The number of aromatic nitrogens is 2. The van der Waals surface area contributed by atoms with Gasteiger partial charge in [0.25, 0.3) is 0 Å². The number of esters is 1. The quantitative estimate of drug-likeness (QED) is 0.687. The van der Waals surface area contributed by atoms with Gasteiger partial charge in [0, 0.05) is 38.1 Å². The number of hydrogen-bond acceptors (Lipinski definition) is 7. The fraction of sp³-hybridized carbons (Fsp3) is 0.476. The van der Waals surface area contributed by atoms with E-state index < -0.39 is 5.82 Å². The van der Waals surface area contributed by atoms with Gasteiger partial charge in [-0.1, -0.05) is 12.1 Å². The molecule has 1 aromatic carbocycles. The third-order valence-electron chi connectivity index (χ3n) is 5.58. The largest absolute Gasteiger partial charge is 0.493 e. The van der Waals surface area contributed by atoms with Crippen LogP contribution in [0.1, 0.15) is 12.0 Å². The van der Waals surface area contributed by atoms with Crippen molar-refractivity contribution in [2.24, 2.45) is 5.92 Å². The molecule has 0 unspecified atom stereocenters. The molecule has 1 aromatic heterocycles. The number of anilines is 1. The average molecular weight is 400 g/mol. The molecule has 3 heterocycles. The summed E-state index contributed by atoms with van der Waals surface area (Å²) >= 11 is 0. The summed E-state index contributed by atoms with van der Waals surface area (Å²) in [4.78, 5) is 24.2. The Bertz CT molecular complexity index is 831. The van der Waals surface area contributed by atoms with Crippen molar-refractivity contribution in [3.05, 3.63) is 48.0 Å². The van der Waals surface area contributed by atoms with Gasteiger partial charge in [-0.15, -0.1) is 0 Å². The number of halogens is 1. The molecule has 0 saturated carbocycles. The minimum absolute atomic E-state index is 0.249. The molecule has 0 N–H and O–H groups in total. The fourth-order valence-electron chi connectivity index (χ4n) is 4.08. The zero-order valence-corrected chi connectivity index (χ0v) is 16.5. The van der Waals surface area contributed by atoms with Crippen LogP contribution in [0.15, 0.2) is 36.7 Å². The summed E-state index contributed by atoms with van der Waals surface area (Å²) in [5.41, 5.74) is 0.908. The van der Waals surface area contributed by atoms with Crippen LogP contribution in [-0.2, 0) is 16.0 Å². The van der Waals surface area contributed by atoms with Gasteiger partial charge in [0.15, 0.2) is 5.82 Å². The molecule has 8 heteroatoms. The highest BCUT2D eigenvalue weighted by atomic mass is 19.1. The monoisotopic (exact) mass is 400 g/mol. The maximum Gasteiger partial charge on any atom is 0.309 e. The summed E-state index contributed by atoms with van der Waals surface area (Å²) in [7, 11) is 1.39. The second-order valence-corrected chi connectivity index (χ2v) is 7.61. The maximum absolute atomic E-state index is 13.1. The van der Waals surface area contributed by atoms with E-state index in [1.807, 2.05) is 24.3 Å². The minimum atomic E-state index is -0.413. The van der Waals surface area contributed by atoms with E-state index in [0.717, 1.165) is 43.9 Å². The first-order valence-corrected chi connectivity index (χ1v) is 9.86. The van der Waals surface area contributed by atoms with Gasteiger partial charge in [-0.3, -0.25) is 9.69 Å². The van der Waals surface area contributed by atoms with Gasteiger partial charge in [0.05, 0.1) is 32.5 Å². The smallest absolute Gasteiger partial charge is 0.309 e. The molecule has 4 rings (SSSR count). The second-order valence-electron chi connectivity index (χ2n) is 7.61. The molecular formula is C21H25FN4O3. The molecule has 154 valence electrons. The number of carbonyl (C=O) groups is 1. The van der Waals surface area contributed by atoms with E-state index in [1.54, 1.807) is 0 Å². The van der Waals surface area contributed by atoms with Crippen LogP contribution in [0.4, 0.5) is 10.3 Å². The lowest BCUT2D eigenvalue weighted by Crippen LogP contribution is -2.50. The first-order valence-electron chi connectivity index (χ1n) is 9.86. The number of piperazine rings is 1. The molecular weight excluding hydrogens is 375 g/mol. The molecule has 2 aliphatic rings. The average Bonchev–Trinajstić information content (AvgIpc) is 3.16. The van der Waals surface area contributed by atoms with E-state index in [4.69, 9.17) is 4.74 Å². The van der Waals surface area contributed by atoms with Crippen LogP contribution in [0.5, 0.6) is 5.75 Å². The highest BCUT2D eigenvalue weighted by Gasteiger charge is 2.37. The Balaban J connectivity index is 1.27. The lowest BCUT2D eigenvalue weighted by atomic mass is 10.1. The zero-order chi connectivity index (χ0) is 20.2. The summed E-state index contributed by atoms with van der Waals surface area (Å²) in [5, 5.41) is 0. The first kappa shape index (κ1) is 19.6. The van der Waals surface area contributed by atoms with Crippen LogP contribution in [0.2, 0.25) is 0 Å². The van der Waals surface area contributed by atoms with Gasteiger partial charge >= 0.3 is 5.97 Å². The van der Waals surface area contributed by atoms with Gasteiger partial charge in [0.1, 0.15) is 5.75 Å². The summed E-state index contributed by atoms with van der Waals surface area (Å²) in [6.07, 6.45) is 3.76. The molecule has 2 saturated heterocycles. The van der Waals surface area contributed by atoms with E-state index in [9.17, 15) is 9.18 Å². The number of hydrogen-bond donors (Lipinski definition) is 0. The Morgan fingerprint density at radius 2 is 1.93 bits per heavy atom. The molecule has 0 aliphatic carbocycles. The van der Waals surface area contributed by atoms with E-state index in [-0.39, 0.29) is 12.4 Å². The van der Waals surface area contributed by atoms with Crippen molar-refractivity contribution >= 4 is 11.9 Å². The molecule has 2 fully saturated rings. The number of rotatable bonds is 6. The summed E-state index contributed by atoms with van der Waals surface area (Å²) in [6.45, 7) is 4.32. The van der Waals surface area contributed by atoms with Crippen molar-refractivity contribution in [1.29, 1.82) is 0 Å². The van der Waals surface area contributed by atoms with E-state index in [0.29, 0.717) is 24.5 Å². The van der Waals surface area contributed by atoms with Crippen molar-refractivity contribution in [1.82, 2.24) is 14.9 Å². The van der Waals surface area contributed by atoms with Crippen molar-refractivity contribution in [3.8, 4) is 5.75 Å². The third kappa shape index (κ3) is 4.82. The molecule has 7 nitrogen and oxygen atoms in total. The number of benzene rings is 1. The number of fused-ring (bicyclic) bond motifs is 1. The Hall–Kier alpha value is -2.74. The molecule has 0 radical (unpaired) electrons. The second kappa shape index (κ2) is 8.73. The predicted octanol–water partition coefficient (Wildman–Crippen LogP) is 1.92. The van der Waals surface area contributed by atoms with Crippen LogP contribution in [0.25, 0.3) is 0 Å². The SMILES string of the molecule is COC(=O)Cc1ccc(OC[C@H]2C[C@H]3CN(c4ncc(F)cn4)CCN3C2)cc1. The standard InChI is InChI=1S/C21H25FN4O3/c1-28-20(27)9-15-2-4-19(5-3-15)29-14-16-8-18-13-26(7-6-25(18)12-16)21-23-10-17(22)11-24-21/h2-5,10-11,16,18H,6-9,12-14H2,1H3/t16-,18-/m0/s1. The van der Waals surface area contributed by atoms with Crippen LogP contribution < -0.4 is 9.64 Å². The van der Waals surface area contributed by atoms with Gasteiger partial charge in [-0.25, -0.2) is 14.4 Å². The van der Waals surface area contributed by atoms with Gasteiger partial charge in [-0.05, 0) is 24.1 Å². The van der Waals surface area contributed by atoms with Gasteiger partial charge in [0.2, 0.25) is 5.95 Å². The Labute approximate surface area is 169 Å². The predicted molar refractivity (Wildman–Crippen MR) is 105 cm³/mol. The van der Waals surface area contributed by atoms with Crippen molar-refractivity contribution in [2.45, 2.75) is 18.9 Å².